The highest BCUT2D eigenvalue weighted by Gasteiger charge is 2.12. The Morgan fingerprint density at radius 1 is 1.39 bits per heavy atom. The number of aliphatic carboxylic acids is 1. The van der Waals surface area contributed by atoms with Crippen molar-refractivity contribution in [2.24, 2.45) is 0 Å². The predicted octanol–water partition coefficient (Wildman–Crippen LogP) is 0.547. The number of nitrogens with zero attached hydrogens (tertiary/aromatic N) is 3. The van der Waals surface area contributed by atoms with Gasteiger partial charge in [0.2, 0.25) is 0 Å². The molecule has 1 N–H and O–H groups in total. The van der Waals surface area contributed by atoms with Crippen LogP contribution >= 0.6 is 0 Å². The van der Waals surface area contributed by atoms with E-state index in [9.17, 15) is 9.59 Å². The third-order valence-corrected chi connectivity index (χ3v) is 2.59. The maximum Gasteiger partial charge on any atom is 0.350 e. The van der Waals surface area contributed by atoms with Crippen molar-refractivity contribution in [2.75, 3.05) is 19.0 Å². The molecule has 0 aliphatic heterocycles. The largest absolute Gasteiger partial charge is 0.480 e. The van der Waals surface area contributed by atoms with Crippen LogP contribution in [0.2, 0.25) is 0 Å². The molecule has 2 aromatic rings. The van der Waals surface area contributed by atoms with Crippen LogP contribution in [0, 0.1) is 0 Å². The van der Waals surface area contributed by atoms with E-state index in [0.717, 1.165) is 9.95 Å². The van der Waals surface area contributed by atoms with Gasteiger partial charge in [0, 0.05) is 19.5 Å². The summed E-state index contributed by atoms with van der Waals surface area (Å²) in [6.45, 7) is -0.389. The van der Waals surface area contributed by atoms with Crippen molar-refractivity contribution in [2.45, 2.75) is 6.54 Å². The number of anilines is 1. The molecule has 2 rings (SSSR count). The summed E-state index contributed by atoms with van der Waals surface area (Å²) >= 11 is 0. The number of hydrogen-bond donors (Lipinski definition) is 1. The lowest BCUT2D eigenvalue weighted by atomic mass is 10.2. The van der Waals surface area contributed by atoms with E-state index in [4.69, 9.17) is 5.11 Å². The second kappa shape index (κ2) is 4.48. The van der Waals surface area contributed by atoms with Crippen LogP contribution in [0.1, 0.15) is 0 Å². The van der Waals surface area contributed by atoms with Crippen molar-refractivity contribution in [1.29, 1.82) is 0 Å². The lowest BCUT2D eigenvalue weighted by Gasteiger charge is -2.16. The van der Waals surface area contributed by atoms with Crippen LogP contribution in [-0.2, 0) is 11.3 Å². The van der Waals surface area contributed by atoms with E-state index in [1.165, 1.54) is 0 Å². The second-order valence-corrected chi connectivity index (χ2v) is 4.11. The summed E-state index contributed by atoms with van der Waals surface area (Å²) in [7, 11) is 3.57. The van der Waals surface area contributed by atoms with Crippen LogP contribution in [-0.4, -0.2) is 34.7 Å². The average molecular weight is 247 g/mol. The molecule has 94 valence electrons. The molecule has 0 bridgehead atoms. The van der Waals surface area contributed by atoms with Gasteiger partial charge in [-0.05, 0) is 12.1 Å². The first-order valence-electron chi connectivity index (χ1n) is 5.39. The van der Waals surface area contributed by atoms with Crippen molar-refractivity contribution < 1.29 is 9.90 Å². The first kappa shape index (κ1) is 12.1. The number of hydrogen-bond acceptors (Lipinski definition) is 4. The highest BCUT2D eigenvalue weighted by molar-refractivity contribution is 5.90. The van der Waals surface area contributed by atoms with Gasteiger partial charge in [-0.3, -0.25) is 9.36 Å². The van der Waals surface area contributed by atoms with Gasteiger partial charge < -0.3 is 10.0 Å². The van der Waals surface area contributed by atoms with Crippen molar-refractivity contribution in [3.8, 4) is 0 Å². The van der Waals surface area contributed by atoms with Gasteiger partial charge in [-0.25, -0.2) is 4.79 Å². The molecule has 0 aliphatic rings. The summed E-state index contributed by atoms with van der Waals surface area (Å²) < 4.78 is 1.16. The maximum atomic E-state index is 11.9. The van der Waals surface area contributed by atoms with Crippen molar-refractivity contribution in [3.05, 3.63) is 34.7 Å². The summed E-state index contributed by atoms with van der Waals surface area (Å²) in [5.41, 5.74) is 0.0170. The molecule has 0 saturated heterocycles. The Kier molecular flexibility index (Phi) is 3.01. The molecule has 1 aromatic carbocycles. The molecule has 1 heterocycles. The monoisotopic (exact) mass is 247 g/mol. The Balaban J connectivity index is 2.81. The first-order valence-corrected chi connectivity index (χ1v) is 5.39. The Morgan fingerprint density at radius 2 is 2.06 bits per heavy atom. The number of carboxylic acid groups (broad SMARTS) is 1. The molecular weight excluding hydrogens is 234 g/mol. The maximum absolute atomic E-state index is 11.9. The van der Waals surface area contributed by atoms with Crippen LogP contribution in [0.3, 0.4) is 0 Å². The van der Waals surface area contributed by atoms with E-state index in [1.54, 1.807) is 31.1 Å². The van der Waals surface area contributed by atoms with E-state index in [0.29, 0.717) is 11.3 Å². The molecule has 6 heteroatoms. The summed E-state index contributed by atoms with van der Waals surface area (Å²) in [5.74, 6) is -0.529. The number of carboxylic acids is 1. The van der Waals surface area contributed by atoms with E-state index in [1.807, 2.05) is 12.1 Å². The molecule has 0 radical (unpaired) electrons. The number of benzene rings is 1. The topological polar surface area (TPSA) is 75.4 Å². The smallest absolute Gasteiger partial charge is 0.350 e. The van der Waals surface area contributed by atoms with Crippen molar-refractivity contribution in [1.82, 2.24) is 9.55 Å². The van der Waals surface area contributed by atoms with Gasteiger partial charge in [-0.1, -0.05) is 12.1 Å². The fourth-order valence-electron chi connectivity index (χ4n) is 1.84. The molecule has 6 nitrogen and oxygen atoms in total. The SMILES string of the molecule is CN(C)c1nc(=O)n(CC(=O)O)c2ccccc12. The standard InChI is InChI=1S/C12H13N3O3/c1-14(2)11-8-5-3-4-6-9(8)15(7-10(16)17)12(18)13-11/h3-6H,7H2,1-2H3,(H,16,17). The van der Waals surface area contributed by atoms with E-state index in [-0.39, 0.29) is 6.54 Å². The zero-order valence-electron chi connectivity index (χ0n) is 10.1. The summed E-state index contributed by atoms with van der Waals surface area (Å²) in [6, 6.07) is 7.12. The van der Waals surface area contributed by atoms with Gasteiger partial charge in [0.1, 0.15) is 12.4 Å². The number of rotatable bonds is 3. The zero-order valence-corrected chi connectivity index (χ0v) is 10.1. The Morgan fingerprint density at radius 3 is 2.67 bits per heavy atom. The summed E-state index contributed by atoms with van der Waals surface area (Å²) in [6.07, 6.45) is 0. The number of aromatic nitrogens is 2. The highest BCUT2D eigenvalue weighted by atomic mass is 16.4. The fraction of sp³-hybridized carbons (Fsp3) is 0.250. The summed E-state index contributed by atoms with van der Waals surface area (Å²) in [4.78, 5) is 28.3. The minimum Gasteiger partial charge on any atom is -0.480 e. The molecule has 1 aromatic heterocycles. The van der Waals surface area contributed by atoms with Gasteiger partial charge in [-0.15, -0.1) is 0 Å². The summed E-state index contributed by atoms with van der Waals surface area (Å²) in [5, 5.41) is 9.58. The molecular formula is C12H13N3O3. The molecule has 18 heavy (non-hydrogen) atoms. The second-order valence-electron chi connectivity index (χ2n) is 4.11. The number of fused-ring (bicyclic) bond motifs is 1. The quantitative estimate of drug-likeness (QED) is 0.857. The fourth-order valence-corrected chi connectivity index (χ4v) is 1.84. The number of carbonyl (C=O) groups is 1. The van der Waals surface area contributed by atoms with Crippen LogP contribution in [0.5, 0.6) is 0 Å². The lowest BCUT2D eigenvalue weighted by molar-refractivity contribution is -0.137. The Labute approximate surface area is 103 Å². The minimum absolute atomic E-state index is 0.389. The number of para-hydroxylation sites is 1. The molecule has 0 spiro atoms. The lowest BCUT2D eigenvalue weighted by Crippen LogP contribution is -2.29. The third kappa shape index (κ3) is 2.04. The van der Waals surface area contributed by atoms with E-state index in [2.05, 4.69) is 4.98 Å². The molecule has 0 saturated carbocycles. The highest BCUT2D eigenvalue weighted by Crippen LogP contribution is 2.20. The Bertz CT molecular complexity index is 661. The average Bonchev–Trinajstić information content (AvgIpc) is 2.31. The Hall–Kier alpha value is -2.37. The minimum atomic E-state index is -1.07. The van der Waals surface area contributed by atoms with E-state index >= 15 is 0 Å². The van der Waals surface area contributed by atoms with Crippen molar-refractivity contribution in [3.63, 3.8) is 0 Å². The molecule has 0 fully saturated rings. The van der Waals surface area contributed by atoms with Crippen LogP contribution in [0.4, 0.5) is 5.82 Å². The van der Waals surface area contributed by atoms with Gasteiger partial charge in [0.05, 0.1) is 5.52 Å². The molecule has 0 amide bonds. The normalized spacial score (nSPS) is 10.6. The van der Waals surface area contributed by atoms with E-state index < -0.39 is 11.7 Å². The van der Waals surface area contributed by atoms with Crippen LogP contribution in [0.15, 0.2) is 29.1 Å². The van der Waals surface area contributed by atoms with Gasteiger partial charge in [-0.2, -0.15) is 4.98 Å². The molecule has 0 aliphatic carbocycles. The van der Waals surface area contributed by atoms with Crippen molar-refractivity contribution >= 4 is 22.7 Å². The van der Waals surface area contributed by atoms with Gasteiger partial charge >= 0.3 is 11.7 Å². The van der Waals surface area contributed by atoms with Gasteiger partial charge in [0.25, 0.3) is 0 Å². The molecule has 0 atom stereocenters. The first-order chi connectivity index (χ1) is 8.50. The molecule has 0 unspecified atom stereocenters. The van der Waals surface area contributed by atoms with Crippen LogP contribution < -0.4 is 10.6 Å². The van der Waals surface area contributed by atoms with Crippen LogP contribution in [0.25, 0.3) is 10.9 Å². The van der Waals surface area contributed by atoms with Gasteiger partial charge in [0.15, 0.2) is 0 Å². The zero-order chi connectivity index (χ0) is 13.3. The third-order valence-electron chi connectivity index (χ3n) is 2.59. The predicted molar refractivity (Wildman–Crippen MR) is 68.0 cm³/mol.